The maximum atomic E-state index is 14.3. The average molecular weight is 593 g/mol. The molecule has 230 valence electrons. The van der Waals surface area contributed by atoms with Gasteiger partial charge in [-0.1, -0.05) is 19.9 Å². The lowest BCUT2D eigenvalue weighted by atomic mass is 9.73. The Hall–Kier alpha value is -2.38. The van der Waals surface area contributed by atoms with Gasteiger partial charge in [0.1, 0.15) is 0 Å². The third-order valence-electron chi connectivity index (χ3n) is 8.94. The van der Waals surface area contributed by atoms with E-state index in [0.29, 0.717) is 17.7 Å². The summed E-state index contributed by atoms with van der Waals surface area (Å²) in [6.45, 7) is 4.94. The van der Waals surface area contributed by atoms with Crippen molar-refractivity contribution in [2.75, 3.05) is 32.8 Å². The van der Waals surface area contributed by atoms with Crippen LogP contribution in [-0.2, 0) is 27.0 Å². The number of hydrogen-bond donors (Lipinski definition) is 2. The summed E-state index contributed by atoms with van der Waals surface area (Å²) in [6, 6.07) is 1.60. The predicted octanol–water partition coefficient (Wildman–Crippen LogP) is 4.40. The van der Waals surface area contributed by atoms with Gasteiger partial charge in [0.05, 0.1) is 17.0 Å². The molecule has 4 rings (SSSR count). The summed E-state index contributed by atoms with van der Waals surface area (Å²) in [5, 5.41) is 3.21. The summed E-state index contributed by atoms with van der Waals surface area (Å²) < 4.78 is 87.0. The number of carbonyl (C=O) groups excluding carboxylic acids is 2. The molecule has 0 spiro atoms. The first-order valence-electron chi connectivity index (χ1n) is 14.1. The van der Waals surface area contributed by atoms with Gasteiger partial charge in [0.15, 0.2) is 0 Å². The Morgan fingerprint density at radius 3 is 2.39 bits per heavy atom. The van der Waals surface area contributed by atoms with Crippen LogP contribution in [0.3, 0.4) is 0 Å². The second-order valence-electron chi connectivity index (χ2n) is 11.7. The Labute approximate surface area is 235 Å². The fourth-order valence-corrected chi connectivity index (χ4v) is 6.74. The van der Waals surface area contributed by atoms with E-state index < -0.39 is 47.4 Å². The number of nitrogens with one attached hydrogen (secondary N) is 1. The molecular weight excluding hydrogens is 554 g/mol. The molecule has 1 aromatic carbocycles. The lowest BCUT2D eigenvalue weighted by Gasteiger charge is -2.43. The summed E-state index contributed by atoms with van der Waals surface area (Å²) in [6.07, 6.45) is -8.51. The van der Waals surface area contributed by atoms with Crippen LogP contribution in [0.15, 0.2) is 18.2 Å². The van der Waals surface area contributed by atoms with E-state index >= 15 is 0 Å². The zero-order valence-electron chi connectivity index (χ0n) is 23.3. The second kappa shape index (κ2) is 12.1. The van der Waals surface area contributed by atoms with Crippen molar-refractivity contribution in [3.63, 3.8) is 0 Å². The van der Waals surface area contributed by atoms with Gasteiger partial charge in [-0.05, 0) is 61.3 Å². The Kier molecular flexibility index (Phi) is 9.30. The summed E-state index contributed by atoms with van der Waals surface area (Å²) in [4.78, 5) is 29.4. The van der Waals surface area contributed by atoms with Crippen LogP contribution in [0.1, 0.15) is 68.7 Å². The number of ether oxygens (including phenoxy) is 1. The van der Waals surface area contributed by atoms with Gasteiger partial charge in [-0.3, -0.25) is 9.59 Å². The number of amides is 2. The van der Waals surface area contributed by atoms with Crippen LogP contribution in [0.4, 0.5) is 26.3 Å². The van der Waals surface area contributed by atoms with Crippen LogP contribution in [0.25, 0.3) is 0 Å². The SMILES string of the molecule is CC(C)[C@]1(C(=O)N2Cc3cc(C(F)(F)F)ccc3C(NCCN)C2)CC[C@@H](N(C(=O)C(F)(F)F)C2CCOCC2)C1. The maximum Gasteiger partial charge on any atom is 0.471 e. The third kappa shape index (κ3) is 6.51. The van der Waals surface area contributed by atoms with Crippen LogP contribution in [0, 0.1) is 11.3 Å². The van der Waals surface area contributed by atoms with Gasteiger partial charge >= 0.3 is 18.3 Å². The van der Waals surface area contributed by atoms with E-state index in [1.54, 1.807) is 0 Å². The second-order valence-corrected chi connectivity index (χ2v) is 11.7. The van der Waals surface area contributed by atoms with Crippen molar-refractivity contribution in [1.29, 1.82) is 0 Å². The topological polar surface area (TPSA) is 87.9 Å². The molecule has 0 radical (unpaired) electrons. The molecule has 3 aliphatic rings. The molecule has 1 aromatic rings. The molecule has 2 aliphatic heterocycles. The standard InChI is InChI=1S/C28H38F6N4O3/c1-17(2)26(8-5-21(14-26)38(25(40)28(32,33)34)20-6-11-41-12-7-20)24(39)37-15-18-13-19(27(29,30)31)3-4-22(18)23(16-37)36-10-9-35/h3-4,13,17,20-21,23,36H,5-12,14-16,35H2,1-2H3/t21-,23?,26+/m1/s1. The van der Waals surface area contributed by atoms with E-state index in [1.807, 2.05) is 13.8 Å². The lowest BCUT2D eigenvalue weighted by Crippen LogP contribution is -2.54. The van der Waals surface area contributed by atoms with E-state index in [9.17, 15) is 35.9 Å². The average Bonchev–Trinajstić information content (AvgIpc) is 3.37. The molecule has 2 heterocycles. The first-order valence-corrected chi connectivity index (χ1v) is 14.1. The summed E-state index contributed by atoms with van der Waals surface area (Å²) in [5.41, 5.74) is 4.77. The molecule has 13 heteroatoms. The highest BCUT2D eigenvalue weighted by atomic mass is 19.4. The molecule has 41 heavy (non-hydrogen) atoms. The van der Waals surface area contributed by atoms with E-state index in [4.69, 9.17) is 10.5 Å². The largest absolute Gasteiger partial charge is 0.471 e. The maximum absolute atomic E-state index is 14.3. The van der Waals surface area contributed by atoms with Gasteiger partial charge in [0, 0.05) is 51.5 Å². The Balaban J connectivity index is 1.64. The summed E-state index contributed by atoms with van der Waals surface area (Å²) in [7, 11) is 0. The summed E-state index contributed by atoms with van der Waals surface area (Å²) in [5.74, 6) is -2.50. The molecule has 2 fully saturated rings. The van der Waals surface area contributed by atoms with Crippen LogP contribution >= 0.6 is 0 Å². The van der Waals surface area contributed by atoms with Crippen LogP contribution < -0.4 is 11.1 Å². The number of nitrogens with zero attached hydrogens (tertiary/aromatic N) is 2. The highest BCUT2D eigenvalue weighted by Crippen LogP contribution is 2.49. The van der Waals surface area contributed by atoms with E-state index in [-0.39, 0.29) is 76.8 Å². The van der Waals surface area contributed by atoms with Crippen molar-refractivity contribution < 1.29 is 40.7 Å². The number of halogens is 6. The molecule has 1 saturated heterocycles. The fraction of sp³-hybridized carbons (Fsp3) is 0.714. The Bertz CT molecular complexity index is 1110. The van der Waals surface area contributed by atoms with Crippen LogP contribution in [0.2, 0.25) is 0 Å². The molecule has 1 saturated carbocycles. The van der Waals surface area contributed by atoms with Crippen molar-refractivity contribution in [2.24, 2.45) is 17.1 Å². The Morgan fingerprint density at radius 2 is 1.80 bits per heavy atom. The first-order chi connectivity index (χ1) is 19.2. The molecule has 3 atom stereocenters. The van der Waals surface area contributed by atoms with Crippen molar-refractivity contribution >= 4 is 11.8 Å². The lowest BCUT2D eigenvalue weighted by molar-refractivity contribution is -0.192. The summed E-state index contributed by atoms with van der Waals surface area (Å²) >= 11 is 0. The first kappa shape index (κ1) is 31.6. The number of fused-ring (bicyclic) bond motifs is 1. The van der Waals surface area contributed by atoms with Crippen molar-refractivity contribution in [2.45, 2.75) is 83.0 Å². The van der Waals surface area contributed by atoms with Gasteiger partial charge in [0.2, 0.25) is 5.91 Å². The third-order valence-corrected chi connectivity index (χ3v) is 8.94. The highest BCUT2D eigenvalue weighted by Gasteiger charge is 2.55. The molecule has 1 unspecified atom stereocenters. The number of rotatable bonds is 7. The number of alkyl halides is 6. The van der Waals surface area contributed by atoms with Gasteiger partial charge < -0.3 is 25.6 Å². The van der Waals surface area contributed by atoms with Crippen LogP contribution in [0.5, 0.6) is 0 Å². The fourth-order valence-electron chi connectivity index (χ4n) is 6.74. The van der Waals surface area contributed by atoms with E-state index in [2.05, 4.69) is 5.32 Å². The van der Waals surface area contributed by atoms with Crippen molar-refractivity contribution in [3.8, 4) is 0 Å². The number of nitrogens with two attached hydrogens (primary N) is 1. The minimum Gasteiger partial charge on any atom is -0.381 e. The molecule has 0 bridgehead atoms. The number of benzene rings is 1. The highest BCUT2D eigenvalue weighted by molar-refractivity contribution is 5.85. The minimum absolute atomic E-state index is 0.0511. The molecule has 0 aromatic heterocycles. The molecular formula is C28H38F6N4O3. The molecule has 3 N–H and O–H groups in total. The zero-order valence-corrected chi connectivity index (χ0v) is 23.3. The minimum atomic E-state index is -5.06. The molecule has 1 aliphatic carbocycles. The predicted molar refractivity (Wildman–Crippen MR) is 138 cm³/mol. The number of carbonyl (C=O) groups is 2. The zero-order chi connectivity index (χ0) is 30.2. The van der Waals surface area contributed by atoms with Crippen molar-refractivity contribution in [3.05, 3.63) is 34.9 Å². The normalized spacial score (nSPS) is 25.9. The van der Waals surface area contributed by atoms with Crippen LogP contribution in [-0.4, -0.2) is 72.7 Å². The van der Waals surface area contributed by atoms with Gasteiger partial charge in [-0.2, -0.15) is 26.3 Å². The van der Waals surface area contributed by atoms with E-state index in [1.165, 1.54) is 11.0 Å². The smallest absolute Gasteiger partial charge is 0.381 e. The Morgan fingerprint density at radius 1 is 1.12 bits per heavy atom. The quantitative estimate of drug-likeness (QED) is 0.459. The molecule has 7 nitrogen and oxygen atoms in total. The van der Waals surface area contributed by atoms with Gasteiger partial charge in [-0.25, -0.2) is 0 Å². The van der Waals surface area contributed by atoms with Gasteiger partial charge in [-0.15, -0.1) is 0 Å². The number of hydrogen-bond acceptors (Lipinski definition) is 5. The van der Waals surface area contributed by atoms with Gasteiger partial charge in [0.25, 0.3) is 0 Å². The van der Waals surface area contributed by atoms with E-state index in [0.717, 1.165) is 17.0 Å². The van der Waals surface area contributed by atoms with Crippen molar-refractivity contribution in [1.82, 2.24) is 15.1 Å². The molecule has 2 amide bonds. The monoisotopic (exact) mass is 592 g/mol.